The number of hydrogen-bond donors (Lipinski definition) is 2. The molecule has 0 atom stereocenters. The number of aromatic carboxylic acids is 1. The van der Waals surface area contributed by atoms with Gasteiger partial charge in [0.1, 0.15) is 6.54 Å². The Balaban J connectivity index is 2.56. The second kappa shape index (κ2) is 6.71. The van der Waals surface area contributed by atoms with E-state index in [0.29, 0.717) is 4.31 Å². The third kappa shape index (κ3) is 3.72. The first-order valence-corrected chi connectivity index (χ1v) is 8.30. The smallest absolute Gasteiger partial charge is 0.335 e. The molecule has 0 aromatic heterocycles. The monoisotopic (exact) mass is 349 g/mol. The first kappa shape index (κ1) is 17.5. The minimum Gasteiger partial charge on any atom is -0.480 e. The van der Waals surface area contributed by atoms with Crippen molar-refractivity contribution in [3.8, 4) is 0 Å². The van der Waals surface area contributed by atoms with Gasteiger partial charge in [-0.3, -0.25) is 9.10 Å². The zero-order valence-electron chi connectivity index (χ0n) is 12.7. The molecule has 0 heterocycles. The normalized spacial score (nSPS) is 11.0. The lowest BCUT2D eigenvalue weighted by Gasteiger charge is -2.23. The molecular formula is C16H15NO6S. The van der Waals surface area contributed by atoms with Gasteiger partial charge in [0.15, 0.2) is 0 Å². The Kier molecular flexibility index (Phi) is 4.89. The van der Waals surface area contributed by atoms with Gasteiger partial charge >= 0.3 is 11.9 Å². The Morgan fingerprint density at radius 1 is 1.04 bits per heavy atom. The molecule has 2 aromatic carbocycles. The van der Waals surface area contributed by atoms with Gasteiger partial charge in [0, 0.05) is 0 Å². The standard InChI is InChI=1S/C16H15NO6S/c1-11-5-7-14(8-6-11)24(22,23)17(10-15(18)19)13-4-2-3-12(9-13)16(20)21/h2-9H,10H2,1H3,(H,18,19)(H,20,21). The van der Waals surface area contributed by atoms with Crippen LogP contribution in [0, 0.1) is 6.92 Å². The number of rotatable bonds is 6. The van der Waals surface area contributed by atoms with Gasteiger partial charge in [0.2, 0.25) is 0 Å². The van der Waals surface area contributed by atoms with Crippen LogP contribution in [0.5, 0.6) is 0 Å². The van der Waals surface area contributed by atoms with E-state index in [0.717, 1.165) is 11.6 Å². The van der Waals surface area contributed by atoms with Gasteiger partial charge in [-0.2, -0.15) is 0 Å². The lowest BCUT2D eigenvalue weighted by molar-refractivity contribution is -0.135. The van der Waals surface area contributed by atoms with Gasteiger partial charge in [-0.25, -0.2) is 13.2 Å². The average molecular weight is 349 g/mol. The maximum Gasteiger partial charge on any atom is 0.335 e. The maximum atomic E-state index is 12.8. The molecule has 0 amide bonds. The van der Waals surface area contributed by atoms with Crippen LogP contribution in [0.2, 0.25) is 0 Å². The highest BCUT2D eigenvalue weighted by Crippen LogP contribution is 2.24. The van der Waals surface area contributed by atoms with E-state index in [4.69, 9.17) is 10.2 Å². The summed E-state index contributed by atoms with van der Waals surface area (Å²) in [4.78, 5) is 22.1. The summed E-state index contributed by atoms with van der Waals surface area (Å²) in [6.07, 6.45) is 0. The zero-order chi connectivity index (χ0) is 17.9. The minimum absolute atomic E-state index is 0.0297. The highest BCUT2D eigenvalue weighted by atomic mass is 32.2. The largest absolute Gasteiger partial charge is 0.480 e. The van der Waals surface area contributed by atoms with E-state index >= 15 is 0 Å². The van der Waals surface area contributed by atoms with Crippen LogP contribution in [0.25, 0.3) is 0 Å². The third-order valence-electron chi connectivity index (χ3n) is 3.27. The molecule has 126 valence electrons. The van der Waals surface area contributed by atoms with Gasteiger partial charge < -0.3 is 10.2 Å². The van der Waals surface area contributed by atoms with Gasteiger partial charge in [0.25, 0.3) is 10.0 Å². The fourth-order valence-electron chi connectivity index (χ4n) is 2.07. The van der Waals surface area contributed by atoms with E-state index in [1.165, 1.54) is 30.3 Å². The summed E-state index contributed by atoms with van der Waals surface area (Å²) in [6.45, 7) is 0.973. The Bertz CT molecular complexity index is 874. The predicted octanol–water partition coefficient (Wildman–Crippen LogP) is 1.97. The van der Waals surface area contributed by atoms with Crippen molar-refractivity contribution in [3.63, 3.8) is 0 Å². The van der Waals surface area contributed by atoms with Crippen LogP contribution in [0.1, 0.15) is 15.9 Å². The van der Waals surface area contributed by atoms with Gasteiger partial charge in [-0.1, -0.05) is 23.8 Å². The number of hydrogen-bond acceptors (Lipinski definition) is 4. The molecule has 8 heteroatoms. The predicted molar refractivity (Wildman–Crippen MR) is 86.7 cm³/mol. The molecule has 0 saturated carbocycles. The second-order valence-electron chi connectivity index (χ2n) is 5.07. The first-order valence-electron chi connectivity index (χ1n) is 6.86. The molecule has 7 nitrogen and oxygen atoms in total. The quantitative estimate of drug-likeness (QED) is 0.824. The fraction of sp³-hybridized carbons (Fsp3) is 0.125. The van der Waals surface area contributed by atoms with Gasteiger partial charge in [0.05, 0.1) is 16.1 Å². The molecule has 0 fully saturated rings. The zero-order valence-corrected chi connectivity index (χ0v) is 13.5. The number of aryl methyl sites for hydroxylation is 1. The molecule has 0 aliphatic heterocycles. The Labute approximate surface area is 138 Å². The van der Waals surface area contributed by atoms with Crippen molar-refractivity contribution >= 4 is 27.6 Å². The summed E-state index contributed by atoms with van der Waals surface area (Å²) in [6, 6.07) is 11.1. The molecule has 24 heavy (non-hydrogen) atoms. The summed E-state index contributed by atoms with van der Waals surface area (Å²) < 4.78 is 26.2. The van der Waals surface area contributed by atoms with Crippen molar-refractivity contribution in [2.75, 3.05) is 10.8 Å². The first-order chi connectivity index (χ1) is 11.2. The van der Waals surface area contributed by atoms with Crippen LogP contribution >= 0.6 is 0 Å². The Morgan fingerprint density at radius 2 is 1.67 bits per heavy atom. The van der Waals surface area contributed by atoms with Crippen LogP contribution in [0.4, 0.5) is 5.69 Å². The Morgan fingerprint density at radius 3 is 2.21 bits per heavy atom. The lowest BCUT2D eigenvalue weighted by Crippen LogP contribution is -2.35. The SMILES string of the molecule is Cc1ccc(S(=O)(=O)N(CC(=O)O)c2cccc(C(=O)O)c2)cc1. The summed E-state index contributed by atoms with van der Waals surface area (Å²) in [5.74, 6) is -2.59. The van der Waals surface area contributed by atoms with Crippen molar-refractivity contribution in [2.24, 2.45) is 0 Å². The number of carboxylic acids is 2. The van der Waals surface area contributed by atoms with Crippen LogP contribution in [-0.4, -0.2) is 37.1 Å². The minimum atomic E-state index is -4.15. The molecular weight excluding hydrogens is 334 g/mol. The number of nitrogens with zero attached hydrogens (tertiary/aromatic N) is 1. The van der Waals surface area contributed by atoms with Crippen LogP contribution in [-0.2, 0) is 14.8 Å². The van der Waals surface area contributed by atoms with E-state index in [1.807, 2.05) is 0 Å². The maximum absolute atomic E-state index is 12.8. The third-order valence-corrected chi connectivity index (χ3v) is 5.06. The summed E-state index contributed by atoms with van der Waals surface area (Å²) >= 11 is 0. The molecule has 0 aliphatic rings. The number of anilines is 1. The van der Waals surface area contributed by atoms with E-state index in [1.54, 1.807) is 19.1 Å². The van der Waals surface area contributed by atoms with Crippen LogP contribution in [0.3, 0.4) is 0 Å². The lowest BCUT2D eigenvalue weighted by atomic mass is 10.2. The second-order valence-corrected chi connectivity index (χ2v) is 6.94. The highest BCUT2D eigenvalue weighted by molar-refractivity contribution is 7.92. The van der Waals surface area contributed by atoms with Gasteiger partial charge in [-0.15, -0.1) is 0 Å². The molecule has 2 rings (SSSR count). The molecule has 0 unspecified atom stereocenters. The molecule has 2 N–H and O–H groups in total. The van der Waals surface area contributed by atoms with Gasteiger partial charge in [-0.05, 0) is 37.3 Å². The number of carbonyl (C=O) groups is 2. The topological polar surface area (TPSA) is 112 Å². The van der Waals surface area contributed by atoms with E-state index < -0.39 is 28.5 Å². The van der Waals surface area contributed by atoms with E-state index in [2.05, 4.69) is 0 Å². The Hall–Kier alpha value is -2.87. The van der Waals surface area contributed by atoms with E-state index in [-0.39, 0.29) is 16.1 Å². The summed E-state index contributed by atoms with van der Waals surface area (Å²) in [5, 5.41) is 18.1. The molecule has 0 bridgehead atoms. The van der Waals surface area contributed by atoms with E-state index in [9.17, 15) is 18.0 Å². The fourth-order valence-corrected chi connectivity index (χ4v) is 3.48. The van der Waals surface area contributed by atoms with Crippen molar-refractivity contribution in [1.82, 2.24) is 0 Å². The van der Waals surface area contributed by atoms with Crippen LogP contribution < -0.4 is 4.31 Å². The number of aliphatic carboxylic acids is 1. The van der Waals surface area contributed by atoms with Crippen molar-refractivity contribution in [2.45, 2.75) is 11.8 Å². The highest BCUT2D eigenvalue weighted by Gasteiger charge is 2.27. The van der Waals surface area contributed by atoms with Crippen molar-refractivity contribution < 1.29 is 28.2 Å². The average Bonchev–Trinajstić information content (AvgIpc) is 2.53. The molecule has 0 saturated heterocycles. The number of sulfonamides is 1. The van der Waals surface area contributed by atoms with Crippen molar-refractivity contribution in [3.05, 3.63) is 59.7 Å². The van der Waals surface area contributed by atoms with Crippen molar-refractivity contribution in [1.29, 1.82) is 0 Å². The van der Waals surface area contributed by atoms with Crippen LogP contribution in [0.15, 0.2) is 53.4 Å². The molecule has 0 spiro atoms. The molecule has 2 aromatic rings. The molecule has 0 radical (unpaired) electrons. The summed E-state index contributed by atoms with van der Waals surface area (Å²) in [7, 11) is -4.15. The number of carboxylic acid groups (broad SMARTS) is 2. The number of benzene rings is 2. The summed E-state index contributed by atoms with van der Waals surface area (Å²) in [5.41, 5.74) is 0.687. The molecule has 0 aliphatic carbocycles.